The molecule has 26 heavy (non-hydrogen) atoms. The third-order valence-corrected chi connectivity index (χ3v) is 5.31. The molecule has 1 fully saturated rings. The molecule has 0 spiro atoms. The molecule has 2 heterocycles. The average Bonchev–Trinajstić information content (AvgIpc) is 3.07. The van der Waals surface area contributed by atoms with E-state index in [4.69, 9.17) is 9.47 Å². The first-order valence-electron chi connectivity index (χ1n) is 8.59. The van der Waals surface area contributed by atoms with Crippen LogP contribution in [0, 0.1) is 6.92 Å². The predicted octanol–water partition coefficient (Wildman–Crippen LogP) is 3.64. The molecule has 1 aliphatic heterocycles. The third kappa shape index (κ3) is 3.72. The fourth-order valence-electron chi connectivity index (χ4n) is 3.13. The van der Waals surface area contributed by atoms with Crippen molar-refractivity contribution in [3.63, 3.8) is 0 Å². The summed E-state index contributed by atoms with van der Waals surface area (Å²) in [6.07, 6.45) is 4.16. The minimum absolute atomic E-state index is 0.00883. The van der Waals surface area contributed by atoms with Gasteiger partial charge in [0.05, 0.1) is 18.2 Å². The van der Waals surface area contributed by atoms with Gasteiger partial charge in [-0.05, 0) is 31.9 Å². The number of methoxy groups -OCH3 is 1. The molecule has 0 bridgehead atoms. The van der Waals surface area contributed by atoms with Crippen LogP contribution in [0.2, 0.25) is 0 Å². The topological polar surface area (TPSA) is 68.7 Å². The summed E-state index contributed by atoms with van der Waals surface area (Å²) in [7, 11) is 1.35. The summed E-state index contributed by atoms with van der Waals surface area (Å²) in [4.78, 5) is 31.4. The summed E-state index contributed by atoms with van der Waals surface area (Å²) in [6.45, 7) is 4.20. The van der Waals surface area contributed by atoms with Crippen molar-refractivity contribution in [2.24, 2.45) is 0 Å². The number of nitrogens with zero attached hydrogens (tertiary/aromatic N) is 2. The van der Waals surface area contributed by atoms with Crippen LogP contribution in [0.4, 0.5) is 0 Å². The van der Waals surface area contributed by atoms with Gasteiger partial charge in [0.25, 0.3) is 0 Å². The summed E-state index contributed by atoms with van der Waals surface area (Å²) in [5, 5.41) is 0.698. The van der Waals surface area contributed by atoms with Crippen molar-refractivity contribution in [2.75, 3.05) is 13.7 Å². The van der Waals surface area contributed by atoms with Crippen LogP contribution in [0.1, 0.15) is 41.4 Å². The zero-order valence-electron chi connectivity index (χ0n) is 15.2. The molecule has 0 saturated carbocycles. The Hall–Kier alpha value is -2.41. The van der Waals surface area contributed by atoms with Crippen molar-refractivity contribution in [3.05, 3.63) is 34.8 Å². The van der Waals surface area contributed by atoms with Crippen LogP contribution in [-0.4, -0.2) is 41.6 Å². The Labute approximate surface area is 156 Å². The van der Waals surface area contributed by atoms with Crippen molar-refractivity contribution in [2.45, 2.75) is 39.3 Å². The summed E-state index contributed by atoms with van der Waals surface area (Å²) >= 11 is 1.49. The van der Waals surface area contributed by atoms with Crippen LogP contribution >= 0.6 is 11.3 Å². The summed E-state index contributed by atoms with van der Waals surface area (Å²) in [5.41, 5.74) is 1.02. The van der Waals surface area contributed by atoms with E-state index in [2.05, 4.69) is 4.98 Å². The SMILES string of the molecule is COC(=O)c1cccc(OC2CCCCN2C(C)=O)c1-c1ncc(C)s1. The molecule has 3 rings (SSSR count). The van der Waals surface area contributed by atoms with E-state index in [0.29, 0.717) is 28.4 Å². The molecule has 138 valence electrons. The zero-order valence-corrected chi connectivity index (χ0v) is 16.0. The minimum Gasteiger partial charge on any atom is -0.470 e. The fourth-order valence-corrected chi connectivity index (χ4v) is 3.96. The summed E-state index contributed by atoms with van der Waals surface area (Å²) in [6, 6.07) is 5.27. The molecular formula is C19H22N2O4S. The van der Waals surface area contributed by atoms with E-state index < -0.39 is 5.97 Å². The first-order chi connectivity index (χ1) is 12.5. The Morgan fingerprint density at radius 1 is 1.31 bits per heavy atom. The highest BCUT2D eigenvalue weighted by Crippen LogP contribution is 2.37. The number of amides is 1. The number of hydrogen-bond donors (Lipinski definition) is 0. The quantitative estimate of drug-likeness (QED) is 0.764. The fraction of sp³-hybridized carbons (Fsp3) is 0.421. The first kappa shape index (κ1) is 18.4. The Bertz CT molecular complexity index is 818. The normalized spacial score (nSPS) is 17.0. The van der Waals surface area contributed by atoms with Crippen LogP contribution in [0.15, 0.2) is 24.4 Å². The van der Waals surface area contributed by atoms with Gasteiger partial charge in [-0.3, -0.25) is 4.79 Å². The van der Waals surface area contributed by atoms with E-state index in [1.165, 1.54) is 18.4 Å². The molecule has 6 nitrogen and oxygen atoms in total. The van der Waals surface area contributed by atoms with Gasteiger partial charge < -0.3 is 14.4 Å². The number of thiazole rings is 1. The van der Waals surface area contributed by atoms with E-state index in [9.17, 15) is 9.59 Å². The molecule has 0 N–H and O–H groups in total. The number of benzene rings is 1. The number of esters is 1. The summed E-state index contributed by atoms with van der Waals surface area (Å²) in [5.74, 6) is 0.0937. The van der Waals surface area contributed by atoms with E-state index in [1.807, 2.05) is 13.0 Å². The van der Waals surface area contributed by atoms with Crippen molar-refractivity contribution < 1.29 is 19.1 Å². The lowest BCUT2D eigenvalue weighted by molar-refractivity contribution is -0.139. The maximum atomic E-state index is 12.3. The maximum Gasteiger partial charge on any atom is 0.338 e. The number of aromatic nitrogens is 1. The van der Waals surface area contributed by atoms with Crippen LogP contribution in [0.5, 0.6) is 5.75 Å². The highest BCUT2D eigenvalue weighted by molar-refractivity contribution is 7.15. The lowest BCUT2D eigenvalue weighted by atomic mass is 10.1. The average molecular weight is 374 g/mol. The van der Waals surface area contributed by atoms with Gasteiger partial charge in [-0.15, -0.1) is 11.3 Å². The number of carbonyl (C=O) groups excluding carboxylic acids is 2. The van der Waals surface area contributed by atoms with Gasteiger partial charge in [0.2, 0.25) is 5.91 Å². The monoisotopic (exact) mass is 374 g/mol. The molecule has 0 radical (unpaired) electrons. The zero-order chi connectivity index (χ0) is 18.7. The third-order valence-electron chi connectivity index (χ3n) is 4.38. The molecule has 0 aliphatic carbocycles. The lowest BCUT2D eigenvalue weighted by Gasteiger charge is -2.35. The van der Waals surface area contributed by atoms with Crippen LogP contribution in [0.25, 0.3) is 10.6 Å². The molecule has 7 heteroatoms. The van der Waals surface area contributed by atoms with Crippen LogP contribution in [0.3, 0.4) is 0 Å². The van der Waals surface area contributed by atoms with Crippen molar-refractivity contribution >= 4 is 23.2 Å². The molecular weight excluding hydrogens is 352 g/mol. The molecule has 1 amide bonds. The molecule has 2 aromatic rings. The van der Waals surface area contributed by atoms with Crippen molar-refractivity contribution in [1.29, 1.82) is 0 Å². The standard InChI is InChI=1S/C19H22N2O4S/c1-12-11-20-18(26-12)17-14(19(23)24-3)7-6-8-15(17)25-16-9-4-5-10-21(16)13(2)22/h6-8,11,16H,4-5,9-10H2,1-3H3. The van der Waals surface area contributed by atoms with E-state index in [-0.39, 0.29) is 12.1 Å². The summed E-state index contributed by atoms with van der Waals surface area (Å²) < 4.78 is 11.2. The van der Waals surface area contributed by atoms with Gasteiger partial charge in [0, 0.05) is 31.0 Å². The largest absolute Gasteiger partial charge is 0.470 e. The van der Waals surface area contributed by atoms with E-state index in [0.717, 1.165) is 24.1 Å². The van der Waals surface area contributed by atoms with Crippen molar-refractivity contribution in [3.8, 4) is 16.3 Å². The lowest BCUT2D eigenvalue weighted by Crippen LogP contribution is -2.45. The number of ether oxygens (including phenoxy) is 2. The predicted molar refractivity (Wildman–Crippen MR) is 99.3 cm³/mol. The number of piperidine rings is 1. The highest BCUT2D eigenvalue weighted by atomic mass is 32.1. The molecule has 1 unspecified atom stereocenters. The molecule has 1 aromatic carbocycles. The number of likely N-dealkylation sites (tertiary alicyclic amines) is 1. The second-order valence-corrected chi connectivity index (χ2v) is 7.46. The van der Waals surface area contributed by atoms with Crippen molar-refractivity contribution in [1.82, 2.24) is 9.88 Å². The Balaban J connectivity index is 2.03. The van der Waals surface area contributed by atoms with Gasteiger partial charge in [0.1, 0.15) is 10.8 Å². The first-order valence-corrected chi connectivity index (χ1v) is 9.41. The maximum absolute atomic E-state index is 12.3. The van der Waals surface area contributed by atoms with Crippen LogP contribution in [-0.2, 0) is 9.53 Å². The van der Waals surface area contributed by atoms with Crippen LogP contribution < -0.4 is 4.74 Å². The second-order valence-electron chi connectivity index (χ2n) is 6.23. The van der Waals surface area contributed by atoms with Gasteiger partial charge in [0.15, 0.2) is 6.23 Å². The van der Waals surface area contributed by atoms with Gasteiger partial charge in [-0.2, -0.15) is 0 Å². The Morgan fingerprint density at radius 3 is 2.77 bits per heavy atom. The molecule has 1 atom stereocenters. The number of hydrogen-bond acceptors (Lipinski definition) is 6. The highest BCUT2D eigenvalue weighted by Gasteiger charge is 2.28. The second kappa shape index (κ2) is 7.86. The number of rotatable bonds is 4. The molecule has 1 aliphatic rings. The molecule has 1 aromatic heterocycles. The Kier molecular flexibility index (Phi) is 5.56. The number of carbonyl (C=O) groups is 2. The minimum atomic E-state index is -0.439. The number of aryl methyl sites for hydroxylation is 1. The van der Waals surface area contributed by atoms with Gasteiger partial charge >= 0.3 is 5.97 Å². The Morgan fingerprint density at radius 2 is 2.12 bits per heavy atom. The van der Waals surface area contributed by atoms with E-state index in [1.54, 1.807) is 30.2 Å². The van der Waals surface area contributed by atoms with Gasteiger partial charge in [-0.1, -0.05) is 6.07 Å². The van der Waals surface area contributed by atoms with Gasteiger partial charge in [-0.25, -0.2) is 9.78 Å². The molecule has 1 saturated heterocycles. The smallest absolute Gasteiger partial charge is 0.338 e. The van der Waals surface area contributed by atoms with E-state index >= 15 is 0 Å².